The highest BCUT2D eigenvalue weighted by molar-refractivity contribution is 5.88. The van der Waals surface area contributed by atoms with Gasteiger partial charge in [-0.05, 0) is 19.3 Å². The fourth-order valence-corrected chi connectivity index (χ4v) is 1.47. The molecule has 0 aromatic heterocycles. The molecule has 0 rings (SSSR count). The number of hydrogen-bond acceptors (Lipinski definition) is 3. The zero-order valence-corrected chi connectivity index (χ0v) is 12.5. The molecule has 0 saturated heterocycles. The van der Waals surface area contributed by atoms with Gasteiger partial charge >= 0.3 is 12.0 Å². The maximum atomic E-state index is 11.7. The van der Waals surface area contributed by atoms with Crippen LogP contribution in [0.4, 0.5) is 4.79 Å². The molecule has 0 saturated carbocycles. The minimum atomic E-state index is -1.08. The Kier molecular flexibility index (Phi) is 8.35. The fraction of sp³-hybridized carbons (Fsp3) is 0.769. The Morgan fingerprint density at radius 2 is 1.70 bits per heavy atom. The van der Waals surface area contributed by atoms with Gasteiger partial charge in [0.15, 0.2) is 0 Å². The van der Waals surface area contributed by atoms with E-state index in [0.717, 1.165) is 0 Å². The number of carboxylic acids is 1. The summed E-state index contributed by atoms with van der Waals surface area (Å²) in [5.74, 6) is -1.06. The van der Waals surface area contributed by atoms with Gasteiger partial charge in [0.25, 0.3) is 0 Å². The first-order valence-electron chi connectivity index (χ1n) is 6.85. The van der Waals surface area contributed by atoms with Crippen LogP contribution in [0.2, 0.25) is 0 Å². The van der Waals surface area contributed by atoms with Crippen molar-refractivity contribution in [3.8, 4) is 0 Å². The highest BCUT2D eigenvalue weighted by Gasteiger charge is 2.21. The molecule has 0 aliphatic rings. The smallest absolute Gasteiger partial charge is 0.326 e. The third-order valence-corrected chi connectivity index (χ3v) is 2.61. The Labute approximate surface area is 119 Å². The first-order chi connectivity index (χ1) is 9.27. The lowest BCUT2D eigenvalue weighted by Gasteiger charge is -2.18. The minimum Gasteiger partial charge on any atom is -0.480 e. The summed E-state index contributed by atoms with van der Waals surface area (Å²) in [5, 5.41) is 16.4. The highest BCUT2D eigenvalue weighted by atomic mass is 16.4. The van der Waals surface area contributed by atoms with Crippen LogP contribution < -0.4 is 16.0 Å². The molecule has 0 spiro atoms. The second kappa shape index (κ2) is 9.17. The first-order valence-corrected chi connectivity index (χ1v) is 6.85. The summed E-state index contributed by atoms with van der Waals surface area (Å²) in [6.45, 7) is 7.84. The van der Waals surface area contributed by atoms with Crippen molar-refractivity contribution in [2.45, 2.75) is 52.6 Å². The number of amides is 3. The molecule has 4 N–H and O–H groups in total. The number of carboxylic acid groups (broad SMARTS) is 1. The van der Waals surface area contributed by atoms with Crippen molar-refractivity contribution in [3.05, 3.63) is 0 Å². The van der Waals surface area contributed by atoms with Crippen molar-refractivity contribution in [2.24, 2.45) is 5.92 Å². The summed E-state index contributed by atoms with van der Waals surface area (Å²) < 4.78 is 0. The van der Waals surface area contributed by atoms with Crippen LogP contribution in [0.15, 0.2) is 0 Å². The number of carbonyl (C=O) groups is 3. The Hall–Kier alpha value is -1.79. The molecule has 0 aliphatic heterocycles. The SMILES string of the molecule is CCC[C@@H](NC(=O)NC(C)C(=O)NCC(C)C)C(=O)O. The van der Waals surface area contributed by atoms with Crippen molar-refractivity contribution in [1.82, 2.24) is 16.0 Å². The quantitative estimate of drug-likeness (QED) is 0.527. The van der Waals surface area contributed by atoms with Crippen molar-refractivity contribution in [3.63, 3.8) is 0 Å². The summed E-state index contributed by atoms with van der Waals surface area (Å²) in [5.41, 5.74) is 0. The van der Waals surface area contributed by atoms with Gasteiger partial charge in [0, 0.05) is 6.54 Å². The molecule has 0 aliphatic carbocycles. The molecule has 0 heterocycles. The zero-order valence-electron chi connectivity index (χ0n) is 12.5. The van der Waals surface area contributed by atoms with E-state index in [1.165, 1.54) is 0 Å². The van der Waals surface area contributed by atoms with E-state index in [9.17, 15) is 14.4 Å². The number of rotatable bonds is 8. The molecule has 7 heteroatoms. The summed E-state index contributed by atoms with van der Waals surface area (Å²) >= 11 is 0. The fourth-order valence-electron chi connectivity index (χ4n) is 1.47. The second-order valence-electron chi connectivity index (χ2n) is 5.16. The average molecular weight is 287 g/mol. The third-order valence-electron chi connectivity index (χ3n) is 2.61. The summed E-state index contributed by atoms with van der Waals surface area (Å²) in [4.78, 5) is 34.2. The van der Waals surface area contributed by atoms with Gasteiger partial charge in [-0.1, -0.05) is 27.2 Å². The van der Waals surface area contributed by atoms with Crippen LogP contribution in [0.3, 0.4) is 0 Å². The Balaban J connectivity index is 4.23. The van der Waals surface area contributed by atoms with Crippen molar-refractivity contribution in [1.29, 1.82) is 0 Å². The van der Waals surface area contributed by atoms with Crippen molar-refractivity contribution < 1.29 is 19.5 Å². The topological polar surface area (TPSA) is 108 Å². The monoisotopic (exact) mass is 287 g/mol. The van der Waals surface area contributed by atoms with E-state index in [-0.39, 0.29) is 5.91 Å². The van der Waals surface area contributed by atoms with E-state index >= 15 is 0 Å². The van der Waals surface area contributed by atoms with Gasteiger partial charge in [0.2, 0.25) is 5.91 Å². The van der Waals surface area contributed by atoms with Gasteiger partial charge < -0.3 is 21.1 Å². The van der Waals surface area contributed by atoms with E-state index < -0.39 is 24.1 Å². The predicted octanol–water partition coefficient (Wildman–Crippen LogP) is 0.700. The molecular weight excluding hydrogens is 262 g/mol. The summed E-state index contributed by atoms with van der Waals surface area (Å²) in [6.07, 6.45) is 0.984. The number of carbonyl (C=O) groups excluding carboxylic acids is 2. The highest BCUT2D eigenvalue weighted by Crippen LogP contribution is 1.97. The molecule has 3 amide bonds. The largest absolute Gasteiger partial charge is 0.480 e. The van der Waals surface area contributed by atoms with Crippen LogP contribution in [0.5, 0.6) is 0 Å². The molecule has 1 unspecified atom stereocenters. The molecule has 116 valence electrons. The molecule has 7 nitrogen and oxygen atoms in total. The standard InChI is InChI=1S/C13H25N3O4/c1-5-6-10(12(18)19)16-13(20)15-9(4)11(17)14-7-8(2)3/h8-10H,5-7H2,1-4H3,(H,14,17)(H,18,19)(H2,15,16,20)/t9?,10-/m1/s1. The van der Waals surface area contributed by atoms with E-state index in [2.05, 4.69) is 16.0 Å². The normalized spacial score (nSPS) is 13.4. The first kappa shape index (κ1) is 18.2. The van der Waals surface area contributed by atoms with Crippen LogP contribution in [-0.4, -0.2) is 41.6 Å². The molecule has 0 bridgehead atoms. The van der Waals surface area contributed by atoms with E-state index in [1.54, 1.807) is 6.92 Å². The predicted molar refractivity (Wildman–Crippen MR) is 75.3 cm³/mol. The molecule has 2 atom stereocenters. The van der Waals surface area contributed by atoms with E-state index in [0.29, 0.717) is 25.3 Å². The van der Waals surface area contributed by atoms with Crippen LogP contribution in [0.25, 0.3) is 0 Å². The van der Waals surface area contributed by atoms with Gasteiger partial charge in [0.05, 0.1) is 0 Å². The van der Waals surface area contributed by atoms with E-state index in [4.69, 9.17) is 5.11 Å². The van der Waals surface area contributed by atoms with Crippen LogP contribution in [0.1, 0.15) is 40.5 Å². The molecule has 20 heavy (non-hydrogen) atoms. The lowest BCUT2D eigenvalue weighted by Crippen LogP contribution is -2.52. The Bertz CT molecular complexity index is 345. The number of aliphatic carboxylic acids is 1. The van der Waals surface area contributed by atoms with Gasteiger partial charge in [-0.25, -0.2) is 9.59 Å². The van der Waals surface area contributed by atoms with Crippen LogP contribution in [-0.2, 0) is 9.59 Å². The molecule has 0 fully saturated rings. The maximum Gasteiger partial charge on any atom is 0.326 e. The van der Waals surface area contributed by atoms with Crippen molar-refractivity contribution in [2.75, 3.05) is 6.54 Å². The van der Waals surface area contributed by atoms with Crippen LogP contribution >= 0.6 is 0 Å². The third kappa shape index (κ3) is 7.60. The lowest BCUT2D eigenvalue weighted by molar-refractivity contribution is -0.139. The number of urea groups is 1. The molecule has 0 aromatic carbocycles. The molecular formula is C13H25N3O4. The van der Waals surface area contributed by atoms with Gasteiger partial charge in [0.1, 0.15) is 12.1 Å². The Morgan fingerprint density at radius 1 is 1.10 bits per heavy atom. The lowest BCUT2D eigenvalue weighted by atomic mass is 10.2. The summed E-state index contributed by atoms with van der Waals surface area (Å²) in [6, 6.07) is -2.31. The van der Waals surface area contributed by atoms with Gasteiger partial charge in [-0.2, -0.15) is 0 Å². The maximum absolute atomic E-state index is 11.7. The van der Waals surface area contributed by atoms with Crippen LogP contribution in [0, 0.1) is 5.92 Å². The molecule has 0 aromatic rings. The Morgan fingerprint density at radius 3 is 2.15 bits per heavy atom. The second-order valence-corrected chi connectivity index (χ2v) is 5.16. The molecule has 0 radical (unpaired) electrons. The number of nitrogens with one attached hydrogen (secondary N) is 3. The van der Waals surface area contributed by atoms with Gasteiger partial charge in [-0.15, -0.1) is 0 Å². The van der Waals surface area contributed by atoms with Crippen molar-refractivity contribution >= 4 is 17.9 Å². The van der Waals surface area contributed by atoms with Gasteiger partial charge in [-0.3, -0.25) is 4.79 Å². The summed E-state index contributed by atoms with van der Waals surface area (Å²) in [7, 11) is 0. The minimum absolute atomic E-state index is 0.295. The van der Waals surface area contributed by atoms with E-state index in [1.807, 2.05) is 20.8 Å². The number of hydrogen-bond donors (Lipinski definition) is 4. The zero-order chi connectivity index (χ0) is 15.7. The average Bonchev–Trinajstić information content (AvgIpc) is 2.34.